The number of unbranched alkanes of at least 4 members (excludes halogenated alkanes) is 32. The summed E-state index contributed by atoms with van der Waals surface area (Å²) in [6.07, 6.45) is 49.5. The standard InChI is InChI=1S/C48H82O7S/c1-3-5-7-9-11-13-15-17-19-21-23-25-27-29-31-33-35-37-41-54-47(49)45-40-39-44(56(51,52)53)43-46(45)48(50)55-42-38-36-34-32-30-28-26-24-22-20-18-16-14-12-10-8-6-4-2/h37-43H,3-36H2,1-2H3,(H,51,52,53)/b41-37+,42-38+. The summed E-state index contributed by atoms with van der Waals surface area (Å²) in [6, 6.07) is 3.17. The molecule has 0 unspecified atom stereocenters. The van der Waals surface area contributed by atoms with Gasteiger partial charge in [0.25, 0.3) is 10.1 Å². The van der Waals surface area contributed by atoms with Crippen LogP contribution in [0.25, 0.3) is 0 Å². The van der Waals surface area contributed by atoms with E-state index in [2.05, 4.69) is 13.8 Å². The molecule has 0 aliphatic carbocycles. The zero-order chi connectivity index (χ0) is 40.8. The SMILES string of the molecule is CCCCCCCCCCCCCCCCCC/C=C/OC(=O)c1ccc(S(=O)(=O)O)cc1C(=O)O/C=C/CCCCCCCCCCCCCCCCCC. The third-order valence-corrected chi connectivity index (χ3v) is 11.6. The van der Waals surface area contributed by atoms with Crippen molar-refractivity contribution >= 4 is 22.1 Å². The minimum atomic E-state index is -4.59. The van der Waals surface area contributed by atoms with Gasteiger partial charge in [-0.1, -0.05) is 206 Å². The molecular weight excluding hydrogens is 721 g/mol. The summed E-state index contributed by atoms with van der Waals surface area (Å²) in [5.41, 5.74) is -0.427. The summed E-state index contributed by atoms with van der Waals surface area (Å²) in [7, 11) is -4.59. The van der Waals surface area contributed by atoms with Gasteiger partial charge in [0.2, 0.25) is 0 Å². The van der Waals surface area contributed by atoms with E-state index in [1.807, 2.05) is 0 Å². The highest BCUT2D eigenvalue weighted by Gasteiger charge is 2.23. The number of allylic oxidation sites excluding steroid dienone is 2. The molecule has 0 saturated heterocycles. The van der Waals surface area contributed by atoms with Crippen LogP contribution in [0.4, 0.5) is 0 Å². The first-order valence-electron chi connectivity index (χ1n) is 23.1. The Morgan fingerprint density at radius 2 is 0.750 bits per heavy atom. The summed E-state index contributed by atoms with van der Waals surface area (Å²) in [6.45, 7) is 4.53. The Kier molecular flexibility index (Phi) is 33.9. The molecule has 0 fully saturated rings. The molecular formula is C48H82O7S. The van der Waals surface area contributed by atoms with Crippen molar-refractivity contribution in [3.05, 3.63) is 54.0 Å². The lowest BCUT2D eigenvalue weighted by Crippen LogP contribution is -2.13. The minimum absolute atomic E-state index is 0.138. The maximum Gasteiger partial charge on any atom is 0.343 e. The van der Waals surface area contributed by atoms with E-state index in [1.165, 1.54) is 192 Å². The lowest BCUT2D eigenvalue weighted by atomic mass is 10.0. The lowest BCUT2D eigenvalue weighted by molar-refractivity contribution is 0.0617. The fraction of sp³-hybridized carbons (Fsp3) is 0.750. The van der Waals surface area contributed by atoms with Crippen molar-refractivity contribution in [1.82, 2.24) is 0 Å². The molecule has 0 heterocycles. The van der Waals surface area contributed by atoms with Crippen molar-refractivity contribution < 1.29 is 32.0 Å². The molecule has 0 aliphatic rings. The van der Waals surface area contributed by atoms with Crippen LogP contribution < -0.4 is 0 Å². The maximum absolute atomic E-state index is 12.9. The van der Waals surface area contributed by atoms with Gasteiger partial charge in [0.15, 0.2) is 0 Å². The van der Waals surface area contributed by atoms with Crippen molar-refractivity contribution in [2.45, 2.75) is 237 Å². The molecule has 0 atom stereocenters. The van der Waals surface area contributed by atoms with Crippen LogP contribution in [0.3, 0.4) is 0 Å². The molecule has 322 valence electrons. The van der Waals surface area contributed by atoms with Crippen LogP contribution in [-0.2, 0) is 19.6 Å². The van der Waals surface area contributed by atoms with E-state index in [9.17, 15) is 22.6 Å². The first-order chi connectivity index (χ1) is 27.3. The predicted octanol–water partition coefficient (Wildman–Crippen LogP) is 15.6. The molecule has 1 aromatic carbocycles. The average Bonchev–Trinajstić information content (AvgIpc) is 3.18. The van der Waals surface area contributed by atoms with Crippen molar-refractivity contribution in [2.24, 2.45) is 0 Å². The molecule has 8 heteroatoms. The first kappa shape index (κ1) is 51.6. The average molecular weight is 803 g/mol. The van der Waals surface area contributed by atoms with Crippen molar-refractivity contribution in [2.75, 3.05) is 0 Å². The molecule has 0 aromatic heterocycles. The van der Waals surface area contributed by atoms with Gasteiger partial charge >= 0.3 is 11.9 Å². The Morgan fingerprint density at radius 3 is 1.05 bits per heavy atom. The van der Waals surface area contributed by atoms with E-state index in [-0.39, 0.29) is 11.1 Å². The molecule has 0 saturated carbocycles. The van der Waals surface area contributed by atoms with E-state index < -0.39 is 27.0 Å². The van der Waals surface area contributed by atoms with E-state index in [0.29, 0.717) is 0 Å². The van der Waals surface area contributed by atoms with Gasteiger partial charge in [-0.05, 0) is 56.0 Å². The Balaban J connectivity index is 2.24. The van der Waals surface area contributed by atoms with Crippen LogP contribution in [0.5, 0.6) is 0 Å². The summed E-state index contributed by atoms with van der Waals surface area (Å²) >= 11 is 0. The molecule has 0 radical (unpaired) electrons. The van der Waals surface area contributed by atoms with Crippen molar-refractivity contribution in [3.8, 4) is 0 Å². The molecule has 0 spiro atoms. The predicted molar refractivity (Wildman–Crippen MR) is 234 cm³/mol. The second-order valence-electron chi connectivity index (χ2n) is 15.9. The van der Waals surface area contributed by atoms with Gasteiger partial charge in [-0.2, -0.15) is 8.42 Å². The van der Waals surface area contributed by atoms with Gasteiger partial charge in [-0.3, -0.25) is 4.55 Å². The molecule has 1 aromatic rings. The second-order valence-corrected chi connectivity index (χ2v) is 17.3. The quantitative estimate of drug-likeness (QED) is 0.0306. The molecule has 56 heavy (non-hydrogen) atoms. The number of ether oxygens (including phenoxy) is 2. The van der Waals surface area contributed by atoms with Gasteiger partial charge in [-0.15, -0.1) is 0 Å². The van der Waals surface area contributed by atoms with Gasteiger partial charge < -0.3 is 9.47 Å². The summed E-state index contributed by atoms with van der Waals surface area (Å²) < 4.78 is 43.5. The maximum atomic E-state index is 12.9. The van der Waals surface area contributed by atoms with Crippen LogP contribution in [0.1, 0.15) is 253 Å². The van der Waals surface area contributed by atoms with Gasteiger partial charge in [-0.25, -0.2) is 9.59 Å². The van der Waals surface area contributed by atoms with E-state index in [1.54, 1.807) is 12.2 Å². The monoisotopic (exact) mass is 803 g/mol. The number of hydrogen-bond acceptors (Lipinski definition) is 6. The van der Waals surface area contributed by atoms with E-state index in [4.69, 9.17) is 9.47 Å². The van der Waals surface area contributed by atoms with Crippen LogP contribution in [-0.4, -0.2) is 24.9 Å². The third-order valence-electron chi connectivity index (χ3n) is 10.7. The van der Waals surface area contributed by atoms with Gasteiger partial charge in [0, 0.05) is 0 Å². The number of carbonyl (C=O) groups excluding carboxylic acids is 2. The van der Waals surface area contributed by atoms with Gasteiger partial charge in [0.05, 0.1) is 28.5 Å². The fourth-order valence-electron chi connectivity index (χ4n) is 7.13. The second kappa shape index (κ2) is 36.9. The largest absolute Gasteiger partial charge is 0.431 e. The van der Waals surface area contributed by atoms with Crippen LogP contribution >= 0.6 is 0 Å². The highest BCUT2D eigenvalue weighted by Crippen LogP contribution is 2.20. The zero-order valence-electron chi connectivity index (χ0n) is 35.9. The molecule has 0 bridgehead atoms. The lowest BCUT2D eigenvalue weighted by Gasteiger charge is -2.08. The minimum Gasteiger partial charge on any atom is -0.431 e. The van der Waals surface area contributed by atoms with Crippen molar-refractivity contribution in [1.29, 1.82) is 0 Å². The topological polar surface area (TPSA) is 107 Å². The Bertz CT molecular complexity index is 1270. The summed E-state index contributed by atoms with van der Waals surface area (Å²) in [5, 5.41) is 0. The molecule has 0 amide bonds. The Labute approximate surface area is 344 Å². The highest BCUT2D eigenvalue weighted by molar-refractivity contribution is 7.85. The molecule has 1 N–H and O–H groups in total. The van der Waals surface area contributed by atoms with Crippen LogP contribution in [0.15, 0.2) is 47.8 Å². The highest BCUT2D eigenvalue weighted by atomic mass is 32.2. The number of benzene rings is 1. The first-order valence-corrected chi connectivity index (χ1v) is 24.6. The number of rotatable bonds is 39. The smallest absolute Gasteiger partial charge is 0.343 e. The van der Waals surface area contributed by atoms with Crippen LogP contribution in [0.2, 0.25) is 0 Å². The zero-order valence-corrected chi connectivity index (χ0v) is 36.7. The molecule has 1 rings (SSSR count). The van der Waals surface area contributed by atoms with Crippen LogP contribution in [0, 0.1) is 0 Å². The third kappa shape index (κ3) is 29.7. The van der Waals surface area contributed by atoms with Crippen molar-refractivity contribution in [3.63, 3.8) is 0 Å². The Morgan fingerprint density at radius 1 is 0.464 bits per heavy atom. The fourth-order valence-corrected chi connectivity index (χ4v) is 7.64. The Hall–Kier alpha value is -2.45. The number of hydrogen-bond donors (Lipinski definition) is 1. The summed E-state index contributed by atoms with van der Waals surface area (Å²) in [5.74, 6) is -1.71. The molecule has 7 nitrogen and oxygen atoms in total. The van der Waals surface area contributed by atoms with E-state index in [0.717, 1.165) is 56.7 Å². The van der Waals surface area contributed by atoms with E-state index >= 15 is 0 Å². The number of esters is 2. The van der Waals surface area contributed by atoms with Gasteiger partial charge in [0.1, 0.15) is 0 Å². The summed E-state index contributed by atoms with van der Waals surface area (Å²) in [4.78, 5) is 25.3. The molecule has 0 aliphatic heterocycles. The number of carbonyl (C=O) groups is 2. The normalized spacial score (nSPS) is 11.9.